The molecule has 174 valence electrons. The predicted octanol–water partition coefficient (Wildman–Crippen LogP) is 4.82. The van der Waals surface area contributed by atoms with Gasteiger partial charge in [-0.05, 0) is 57.5 Å². The average Bonchev–Trinajstić information content (AvgIpc) is 3.47. The smallest absolute Gasteiger partial charge is 0.163 e. The number of hydrogen-bond donors (Lipinski definition) is 2. The van der Waals surface area contributed by atoms with Crippen LogP contribution in [0, 0.1) is 12.7 Å². The Hall–Kier alpha value is -3.10. The molecule has 1 fully saturated rings. The van der Waals surface area contributed by atoms with Crippen molar-refractivity contribution in [1.29, 1.82) is 0 Å². The first-order chi connectivity index (χ1) is 16.0. The first kappa shape index (κ1) is 21.7. The van der Waals surface area contributed by atoms with Crippen LogP contribution in [0.15, 0.2) is 35.3 Å². The van der Waals surface area contributed by atoms with Gasteiger partial charge in [-0.2, -0.15) is 0 Å². The standard InChI is InChI=1S/C25H29FN4O3/c1-16-12-18-20(28-16)7-6-17(24(18)26)25-19-13-22(32-2)23(14-21(19)30(31)15-27-25)33-11-5-10-29-8-3-4-9-29/h6-7,12-15,25,28,31H,3-5,8-11H2,1-2H3. The van der Waals surface area contributed by atoms with E-state index in [0.717, 1.165) is 42.3 Å². The number of nitrogens with one attached hydrogen (secondary N) is 1. The molecule has 8 heteroatoms. The van der Waals surface area contributed by atoms with Crippen LogP contribution in [0.1, 0.15) is 42.1 Å². The minimum absolute atomic E-state index is 0.322. The highest BCUT2D eigenvalue weighted by Crippen LogP contribution is 2.43. The van der Waals surface area contributed by atoms with Crippen molar-refractivity contribution in [3.63, 3.8) is 0 Å². The number of anilines is 1. The van der Waals surface area contributed by atoms with Crippen molar-refractivity contribution < 1.29 is 19.1 Å². The zero-order valence-electron chi connectivity index (χ0n) is 19.0. The molecule has 3 heterocycles. The third-order valence-electron chi connectivity index (χ3n) is 6.45. The van der Waals surface area contributed by atoms with Gasteiger partial charge in [0.25, 0.3) is 0 Å². The van der Waals surface area contributed by atoms with Gasteiger partial charge in [0.1, 0.15) is 18.2 Å². The van der Waals surface area contributed by atoms with E-state index in [1.165, 1.54) is 19.2 Å². The second kappa shape index (κ2) is 9.03. The van der Waals surface area contributed by atoms with Crippen molar-refractivity contribution in [3.05, 3.63) is 53.0 Å². The van der Waals surface area contributed by atoms with Crippen molar-refractivity contribution in [3.8, 4) is 11.5 Å². The maximum Gasteiger partial charge on any atom is 0.163 e. The van der Waals surface area contributed by atoms with Crippen LogP contribution < -0.4 is 14.5 Å². The highest BCUT2D eigenvalue weighted by molar-refractivity contribution is 5.85. The van der Waals surface area contributed by atoms with Gasteiger partial charge >= 0.3 is 0 Å². The Kier molecular flexibility index (Phi) is 5.95. The van der Waals surface area contributed by atoms with Crippen molar-refractivity contribution in [1.82, 2.24) is 9.88 Å². The van der Waals surface area contributed by atoms with E-state index >= 15 is 4.39 Å². The number of H-pyrrole nitrogens is 1. The fourth-order valence-electron chi connectivity index (χ4n) is 4.79. The second-order valence-electron chi connectivity index (χ2n) is 8.71. The molecule has 0 amide bonds. The van der Waals surface area contributed by atoms with E-state index in [9.17, 15) is 5.21 Å². The molecule has 5 rings (SSSR count). The zero-order valence-corrected chi connectivity index (χ0v) is 19.0. The summed E-state index contributed by atoms with van der Waals surface area (Å²) in [7, 11) is 1.58. The molecule has 1 unspecified atom stereocenters. The third-order valence-corrected chi connectivity index (χ3v) is 6.45. The summed E-state index contributed by atoms with van der Waals surface area (Å²) < 4.78 is 27.0. The second-order valence-corrected chi connectivity index (χ2v) is 8.71. The summed E-state index contributed by atoms with van der Waals surface area (Å²) in [6.07, 6.45) is 4.76. The SMILES string of the molecule is COc1cc2c(cc1OCCCN1CCCC1)N(O)C=NC2c1ccc2[nH]c(C)cc2c1F. The quantitative estimate of drug-likeness (QED) is 0.503. The fraction of sp³-hybridized carbons (Fsp3) is 0.400. The monoisotopic (exact) mass is 452 g/mol. The molecule has 7 nitrogen and oxygen atoms in total. The highest BCUT2D eigenvalue weighted by atomic mass is 19.1. The van der Waals surface area contributed by atoms with Gasteiger partial charge in [0.15, 0.2) is 11.5 Å². The molecule has 33 heavy (non-hydrogen) atoms. The number of aromatic nitrogens is 1. The minimum atomic E-state index is -0.610. The molecule has 2 aromatic carbocycles. The maximum absolute atomic E-state index is 15.4. The Bertz CT molecular complexity index is 1190. The van der Waals surface area contributed by atoms with Gasteiger partial charge in [0.2, 0.25) is 0 Å². The van der Waals surface area contributed by atoms with Gasteiger partial charge in [-0.3, -0.25) is 10.2 Å². The van der Waals surface area contributed by atoms with E-state index in [1.54, 1.807) is 31.4 Å². The van der Waals surface area contributed by atoms with E-state index in [1.807, 2.05) is 13.0 Å². The molecular formula is C25H29FN4O3. The Labute approximate surface area is 192 Å². The van der Waals surface area contributed by atoms with Crippen molar-refractivity contribution in [2.24, 2.45) is 4.99 Å². The molecule has 1 aromatic heterocycles. The Morgan fingerprint density at radius 2 is 1.97 bits per heavy atom. The summed E-state index contributed by atoms with van der Waals surface area (Å²) in [5, 5.41) is 11.9. The number of hydroxylamine groups is 1. The molecule has 0 bridgehead atoms. The lowest BCUT2D eigenvalue weighted by Gasteiger charge is -2.27. The number of likely N-dealkylation sites (tertiary alicyclic amines) is 1. The summed E-state index contributed by atoms with van der Waals surface area (Å²) in [4.78, 5) is 10.0. The number of benzene rings is 2. The molecule has 0 aliphatic carbocycles. The molecular weight excluding hydrogens is 423 g/mol. The average molecular weight is 453 g/mol. The van der Waals surface area contributed by atoms with E-state index in [2.05, 4.69) is 14.9 Å². The van der Waals surface area contributed by atoms with Crippen molar-refractivity contribution >= 4 is 22.9 Å². The van der Waals surface area contributed by atoms with Gasteiger partial charge in [0, 0.05) is 40.3 Å². The molecule has 0 spiro atoms. The van der Waals surface area contributed by atoms with Crippen LogP contribution in [0.25, 0.3) is 10.9 Å². The van der Waals surface area contributed by atoms with Crippen LogP contribution >= 0.6 is 0 Å². The van der Waals surface area contributed by atoms with Crippen LogP contribution in [-0.4, -0.2) is 54.8 Å². The number of aromatic amines is 1. The van der Waals surface area contributed by atoms with E-state index in [-0.39, 0.29) is 5.82 Å². The topological polar surface area (TPSA) is 73.3 Å². The van der Waals surface area contributed by atoms with E-state index in [0.29, 0.717) is 40.3 Å². The number of hydrogen-bond acceptors (Lipinski definition) is 6. The highest BCUT2D eigenvalue weighted by Gasteiger charge is 2.28. The lowest BCUT2D eigenvalue weighted by atomic mass is 9.94. The van der Waals surface area contributed by atoms with Crippen LogP contribution in [0.4, 0.5) is 10.1 Å². The third kappa shape index (κ3) is 4.16. The predicted molar refractivity (Wildman–Crippen MR) is 126 cm³/mol. The molecule has 1 atom stereocenters. The number of aryl methyl sites for hydroxylation is 1. The summed E-state index contributed by atoms with van der Waals surface area (Å²) in [6, 6.07) is 8.29. The van der Waals surface area contributed by atoms with Gasteiger partial charge in [-0.15, -0.1) is 0 Å². The first-order valence-corrected chi connectivity index (χ1v) is 11.4. The molecule has 2 aliphatic rings. The lowest BCUT2D eigenvalue weighted by molar-refractivity contribution is 0.253. The fourth-order valence-corrected chi connectivity index (χ4v) is 4.79. The van der Waals surface area contributed by atoms with Gasteiger partial charge in [0.05, 0.1) is 19.4 Å². The van der Waals surface area contributed by atoms with Gasteiger partial charge in [-0.25, -0.2) is 9.45 Å². The first-order valence-electron chi connectivity index (χ1n) is 11.4. The lowest BCUT2D eigenvalue weighted by Crippen LogP contribution is -2.24. The van der Waals surface area contributed by atoms with Crippen LogP contribution in [0.5, 0.6) is 11.5 Å². The molecule has 0 radical (unpaired) electrons. The normalized spacial score (nSPS) is 18.2. The molecule has 2 N–H and O–H groups in total. The molecule has 0 saturated carbocycles. The van der Waals surface area contributed by atoms with E-state index in [4.69, 9.17) is 9.47 Å². The number of aliphatic imine (C=N–C) groups is 1. The Balaban J connectivity index is 1.43. The molecule has 2 aliphatic heterocycles. The summed E-state index contributed by atoms with van der Waals surface area (Å²) >= 11 is 0. The number of methoxy groups -OCH3 is 1. The van der Waals surface area contributed by atoms with Crippen molar-refractivity contribution in [2.45, 2.75) is 32.2 Å². The Morgan fingerprint density at radius 1 is 1.15 bits per heavy atom. The number of rotatable bonds is 7. The minimum Gasteiger partial charge on any atom is -0.493 e. The number of halogens is 1. The summed E-state index contributed by atoms with van der Waals surface area (Å²) in [6.45, 7) is 5.77. The van der Waals surface area contributed by atoms with Gasteiger partial charge in [-0.1, -0.05) is 6.07 Å². The number of fused-ring (bicyclic) bond motifs is 2. The summed E-state index contributed by atoms with van der Waals surface area (Å²) in [5.41, 5.74) is 3.21. The van der Waals surface area contributed by atoms with Crippen LogP contribution in [0.3, 0.4) is 0 Å². The van der Waals surface area contributed by atoms with Crippen LogP contribution in [0.2, 0.25) is 0 Å². The van der Waals surface area contributed by atoms with Crippen LogP contribution in [-0.2, 0) is 0 Å². The van der Waals surface area contributed by atoms with Gasteiger partial charge < -0.3 is 19.4 Å². The number of nitrogens with zero attached hydrogens (tertiary/aromatic N) is 3. The van der Waals surface area contributed by atoms with E-state index < -0.39 is 6.04 Å². The summed E-state index contributed by atoms with van der Waals surface area (Å²) in [5.74, 6) is 0.755. The largest absolute Gasteiger partial charge is 0.493 e. The maximum atomic E-state index is 15.4. The molecule has 1 saturated heterocycles. The Morgan fingerprint density at radius 3 is 2.76 bits per heavy atom. The van der Waals surface area contributed by atoms with Crippen molar-refractivity contribution in [2.75, 3.05) is 38.4 Å². The molecule has 3 aromatic rings. The number of ether oxygens (including phenoxy) is 2. The zero-order chi connectivity index (χ0) is 22.9.